The largest absolute Gasteiger partial charge is 0.504 e. The van der Waals surface area contributed by atoms with Crippen molar-refractivity contribution in [1.82, 2.24) is 9.97 Å². The third-order valence-corrected chi connectivity index (χ3v) is 4.00. The lowest BCUT2D eigenvalue weighted by Gasteiger charge is -2.06. The van der Waals surface area contributed by atoms with Gasteiger partial charge >= 0.3 is 0 Å². The van der Waals surface area contributed by atoms with Crippen molar-refractivity contribution >= 4 is 33.8 Å². The van der Waals surface area contributed by atoms with E-state index in [9.17, 15) is 5.11 Å². The fraction of sp³-hybridized carbons (Fsp3) is 0.0769. The van der Waals surface area contributed by atoms with Gasteiger partial charge in [-0.25, -0.2) is 9.97 Å². The van der Waals surface area contributed by atoms with E-state index in [1.54, 1.807) is 11.4 Å². The Bertz CT molecular complexity index is 757. The second-order valence-corrected chi connectivity index (χ2v) is 5.18. The Morgan fingerprint density at radius 3 is 2.74 bits per heavy atom. The van der Waals surface area contributed by atoms with Gasteiger partial charge in [0.05, 0.1) is 22.8 Å². The number of halogens is 1. The second-order valence-electron chi connectivity index (χ2n) is 3.94. The molecule has 0 saturated heterocycles. The van der Waals surface area contributed by atoms with Crippen LogP contribution in [0.4, 0.5) is 0 Å². The highest BCUT2D eigenvalue weighted by Crippen LogP contribution is 2.39. The molecule has 0 aliphatic heterocycles. The van der Waals surface area contributed by atoms with E-state index in [1.165, 1.54) is 11.3 Å². The molecule has 3 aromatic rings. The molecule has 19 heavy (non-hydrogen) atoms. The first-order valence-corrected chi connectivity index (χ1v) is 6.79. The molecule has 0 saturated carbocycles. The van der Waals surface area contributed by atoms with Gasteiger partial charge in [0.15, 0.2) is 5.75 Å². The van der Waals surface area contributed by atoms with Crippen LogP contribution < -0.4 is 0 Å². The minimum Gasteiger partial charge on any atom is -0.504 e. The average Bonchev–Trinajstić information content (AvgIpc) is 2.91. The lowest BCUT2D eigenvalue weighted by atomic mass is 10.2. The minimum absolute atomic E-state index is 0.0841. The van der Waals surface area contributed by atoms with Crippen molar-refractivity contribution in [2.75, 3.05) is 0 Å². The summed E-state index contributed by atoms with van der Waals surface area (Å²) in [6.45, 7) is -0.140. The van der Waals surface area contributed by atoms with E-state index in [2.05, 4.69) is 9.97 Å². The van der Waals surface area contributed by atoms with Crippen LogP contribution in [-0.2, 0) is 6.61 Å². The molecule has 0 aliphatic rings. The summed E-state index contributed by atoms with van der Waals surface area (Å²) < 4.78 is 0. The number of fused-ring (bicyclic) bond motifs is 1. The van der Waals surface area contributed by atoms with Crippen molar-refractivity contribution in [1.29, 1.82) is 0 Å². The third-order valence-electron chi connectivity index (χ3n) is 2.72. The highest BCUT2D eigenvalue weighted by atomic mass is 35.5. The fourth-order valence-corrected chi connectivity index (χ4v) is 2.85. The normalized spacial score (nSPS) is 11.1. The van der Waals surface area contributed by atoms with Gasteiger partial charge in [-0.2, -0.15) is 0 Å². The van der Waals surface area contributed by atoms with Gasteiger partial charge in [0.25, 0.3) is 0 Å². The molecular formula is C13H9ClN2O2S. The first kappa shape index (κ1) is 12.3. The maximum absolute atomic E-state index is 10.1. The molecule has 3 rings (SSSR count). The number of benzene rings is 1. The molecule has 96 valence electrons. The van der Waals surface area contributed by atoms with Gasteiger partial charge in [0.2, 0.25) is 0 Å². The lowest BCUT2D eigenvalue weighted by Crippen LogP contribution is -1.89. The molecule has 6 heteroatoms. The van der Waals surface area contributed by atoms with Gasteiger partial charge in [-0.15, -0.1) is 11.3 Å². The SMILES string of the molecule is OCc1csc(-c2nc3ccccc3c(Cl)c2O)n1. The van der Waals surface area contributed by atoms with Crippen molar-refractivity contribution in [3.05, 3.63) is 40.4 Å². The van der Waals surface area contributed by atoms with Crippen LogP contribution in [0.25, 0.3) is 21.6 Å². The standard InChI is InChI=1S/C13H9ClN2O2S/c14-10-8-3-1-2-4-9(8)16-11(12(10)18)13-15-7(5-17)6-19-13/h1-4,6,17-18H,5H2. The number of aliphatic hydroxyl groups excluding tert-OH is 1. The molecule has 1 aromatic carbocycles. The number of hydrogen-bond acceptors (Lipinski definition) is 5. The number of aromatic hydroxyl groups is 1. The van der Waals surface area contributed by atoms with E-state index < -0.39 is 0 Å². The van der Waals surface area contributed by atoms with Crippen LogP contribution in [0.5, 0.6) is 5.75 Å². The molecule has 0 atom stereocenters. The number of para-hydroxylation sites is 1. The second kappa shape index (κ2) is 4.77. The number of hydrogen-bond donors (Lipinski definition) is 2. The van der Waals surface area contributed by atoms with E-state index in [-0.39, 0.29) is 17.4 Å². The highest BCUT2D eigenvalue weighted by molar-refractivity contribution is 7.13. The van der Waals surface area contributed by atoms with Gasteiger partial charge in [-0.1, -0.05) is 29.8 Å². The van der Waals surface area contributed by atoms with Gasteiger partial charge in [0, 0.05) is 10.8 Å². The number of nitrogens with zero attached hydrogens (tertiary/aromatic N) is 2. The van der Waals surface area contributed by atoms with Gasteiger partial charge in [-0.3, -0.25) is 0 Å². The Labute approximate surface area is 118 Å². The number of thiazole rings is 1. The summed E-state index contributed by atoms with van der Waals surface area (Å²) in [6.07, 6.45) is 0. The Morgan fingerprint density at radius 2 is 2.00 bits per heavy atom. The van der Waals surface area contributed by atoms with E-state index in [4.69, 9.17) is 16.7 Å². The number of aliphatic hydroxyl groups is 1. The lowest BCUT2D eigenvalue weighted by molar-refractivity contribution is 0.278. The van der Waals surface area contributed by atoms with Crippen molar-refractivity contribution in [2.45, 2.75) is 6.61 Å². The predicted octanol–water partition coefficient (Wildman–Crippen LogP) is 3.21. The molecule has 0 spiro atoms. The summed E-state index contributed by atoms with van der Waals surface area (Å²) in [5, 5.41) is 22.4. The van der Waals surface area contributed by atoms with E-state index >= 15 is 0 Å². The molecular weight excluding hydrogens is 284 g/mol. The average molecular weight is 293 g/mol. The van der Waals surface area contributed by atoms with Crippen LogP contribution in [0.15, 0.2) is 29.6 Å². The minimum atomic E-state index is -0.140. The zero-order chi connectivity index (χ0) is 13.4. The van der Waals surface area contributed by atoms with Gasteiger partial charge in [-0.05, 0) is 6.07 Å². The smallest absolute Gasteiger partial charge is 0.163 e. The molecule has 0 bridgehead atoms. The molecule has 2 heterocycles. The van der Waals surface area contributed by atoms with Crippen molar-refractivity contribution in [2.24, 2.45) is 0 Å². The van der Waals surface area contributed by atoms with Crippen LogP contribution in [0.1, 0.15) is 5.69 Å². The molecule has 0 unspecified atom stereocenters. The van der Waals surface area contributed by atoms with E-state index in [0.717, 1.165) is 0 Å². The summed E-state index contributed by atoms with van der Waals surface area (Å²) in [5.41, 5.74) is 1.58. The molecule has 0 fully saturated rings. The number of aromatic nitrogens is 2. The topological polar surface area (TPSA) is 66.2 Å². The Kier molecular flexibility index (Phi) is 3.10. The molecule has 4 nitrogen and oxygen atoms in total. The molecule has 0 amide bonds. The Balaban J connectivity index is 2.26. The van der Waals surface area contributed by atoms with Crippen LogP contribution in [0.3, 0.4) is 0 Å². The van der Waals surface area contributed by atoms with Crippen molar-refractivity contribution in [3.8, 4) is 16.5 Å². The summed E-state index contributed by atoms with van der Waals surface area (Å²) >= 11 is 7.47. The molecule has 2 aromatic heterocycles. The summed E-state index contributed by atoms with van der Waals surface area (Å²) in [5.74, 6) is -0.0841. The van der Waals surface area contributed by atoms with Crippen LogP contribution in [0.2, 0.25) is 5.02 Å². The monoisotopic (exact) mass is 292 g/mol. The predicted molar refractivity (Wildman–Crippen MR) is 75.4 cm³/mol. The van der Waals surface area contributed by atoms with Crippen molar-refractivity contribution < 1.29 is 10.2 Å². The molecule has 0 aliphatic carbocycles. The maximum Gasteiger partial charge on any atom is 0.163 e. The molecule has 2 N–H and O–H groups in total. The summed E-state index contributed by atoms with van der Waals surface area (Å²) in [7, 11) is 0. The first-order chi connectivity index (χ1) is 9.20. The zero-order valence-electron chi connectivity index (χ0n) is 9.67. The van der Waals surface area contributed by atoms with Crippen LogP contribution in [-0.4, -0.2) is 20.2 Å². The highest BCUT2D eigenvalue weighted by Gasteiger charge is 2.16. The van der Waals surface area contributed by atoms with Crippen LogP contribution >= 0.6 is 22.9 Å². The summed E-state index contributed by atoms with van der Waals surface area (Å²) in [4.78, 5) is 8.58. The number of pyridine rings is 1. The van der Waals surface area contributed by atoms with Gasteiger partial charge < -0.3 is 10.2 Å². The number of rotatable bonds is 2. The van der Waals surface area contributed by atoms with Crippen LogP contribution in [0, 0.1) is 0 Å². The molecule has 0 radical (unpaired) electrons. The van der Waals surface area contributed by atoms with Gasteiger partial charge in [0.1, 0.15) is 10.7 Å². The maximum atomic E-state index is 10.1. The zero-order valence-corrected chi connectivity index (χ0v) is 11.2. The Hall–Kier alpha value is -1.69. The first-order valence-electron chi connectivity index (χ1n) is 5.53. The summed E-state index contributed by atoms with van der Waals surface area (Å²) in [6, 6.07) is 7.32. The van der Waals surface area contributed by atoms with Crippen molar-refractivity contribution in [3.63, 3.8) is 0 Å². The fourth-order valence-electron chi connectivity index (χ4n) is 1.80. The van der Waals surface area contributed by atoms with E-state index in [1.807, 2.05) is 18.2 Å². The third kappa shape index (κ3) is 2.06. The Morgan fingerprint density at radius 1 is 1.21 bits per heavy atom. The quantitative estimate of drug-likeness (QED) is 0.761. The van der Waals surface area contributed by atoms with E-state index in [0.29, 0.717) is 27.3 Å².